The van der Waals surface area contributed by atoms with Gasteiger partial charge in [-0.3, -0.25) is 4.79 Å². The van der Waals surface area contributed by atoms with Crippen LogP contribution in [-0.2, 0) is 21.4 Å². The zero-order valence-corrected chi connectivity index (χ0v) is 17.8. The van der Waals surface area contributed by atoms with Crippen molar-refractivity contribution in [3.63, 3.8) is 0 Å². The zero-order chi connectivity index (χ0) is 21.0. The molecular weight excluding hydrogens is 390 g/mol. The van der Waals surface area contributed by atoms with E-state index in [9.17, 15) is 13.2 Å². The molecule has 1 saturated heterocycles. The Bertz CT molecular complexity index is 985. The van der Waals surface area contributed by atoms with Crippen LogP contribution >= 0.6 is 0 Å². The highest BCUT2D eigenvalue weighted by Crippen LogP contribution is 2.31. The number of anilines is 2. The molecular formula is C21H27N3O4S. The summed E-state index contributed by atoms with van der Waals surface area (Å²) < 4.78 is 33.2. The summed E-state index contributed by atoms with van der Waals surface area (Å²) in [7, 11) is -0.858. The fourth-order valence-electron chi connectivity index (χ4n) is 3.56. The third-order valence-corrected chi connectivity index (χ3v) is 6.83. The van der Waals surface area contributed by atoms with E-state index >= 15 is 0 Å². The number of ether oxygens (including phenoxy) is 1. The van der Waals surface area contributed by atoms with Crippen molar-refractivity contribution in [1.82, 2.24) is 4.31 Å². The molecule has 1 heterocycles. The van der Waals surface area contributed by atoms with Crippen molar-refractivity contribution in [2.24, 2.45) is 0 Å². The van der Waals surface area contributed by atoms with Crippen LogP contribution in [0.2, 0.25) is 0 Å². The molecule has 156 valence electrons. The Hall–Kier alpha value is -2.58. The molecule has 2 aromatic carbocycles. The van der Waals surface area contributed by atoms with Crippen LogP contribution in [0.15, 0.2) is 47.4 Å². The Morgan fingerprint density at radius 1 is 1.17 bits per heavy atom. The maximum Gasteiger partial charge on any atom is 0.246 e. The number of nitrogens with one attached hydrogen (secondary N) is 1. The Morgan fingerprint density at radius 2 is 1.86 bits per heavy atom. The predicted octanol–water partition coefficient (Wildman–Crippen LogP) is 3.07. The molecule has 0 bridgehead atoms. The highest BCUT2D eigenvalue weighted by atomic mass is 32.2. The number of carbonyl (C=O) groups is 1. The third kappa shape index (κ3) is 4.71. The molecule has 7 nitrogen and oxygen atoms in total. The zero-order valence-electron chi connectivity index (χ0n) is 17.0. The summed E-state index contributed by atoms with van der Waals surface area (Å²) >= 11 is 0. The van der Waals surface area contributed by atoms with Gasteiger partial charge in [0.2, 0.25) is 15.9 Å². The lowest BCUT2D eigenvalue weighted by atomic mass is 10.1. The van der Waals surface area contributed by atoms with Crippen molar-refractivity contribution >= 4 is 27.3 Å². The fourth-order valence-corrected chi connectivity index (χ4v) is 4.89. The second-order valence-corrected chi connectivity index (χ2v) is 9.14. The van der Waals surface area contributed by atoms with Crippen LogP contribution in [0.25, 0.3) is 0 Å². The topological polar surface area (TPSA) is 78.9 Å². The van der Waals surface area contributed by atoms with Gasteiger partial charge in [-0.05, 0) is 42.7 Å². The van der Waals surface area contributed by atoms with E-state index in [4.69, 9.17) is 4.74 Å². The number of nitrogens with zero attached hydrogens (tertiary/aromatic N) is 2. The van der Waals surface area contributed by atoms with E-state index < -0.39 is 10.0 Å². The predicted molar refractivity (Wildman–Crippen MR) is 114 cm³/mol. The van der Waals surface area contributed by atoms with Crippen LogP contribution in [0.1, 0.15) is 25.3 Å². The summed E-state index contributed by atoms with van der Waals surface area (Å²) in [6, 6.07) is 12.5. The number of rotatable bonds is 7. The fraction of sp³-hybridized carbons (Fsp3) is 0.381. The van der Waals surface area contributed by atoms with Crippen LogP contribution in [-0.4, -0.2) is 45.9 Å². The van der Waals surface area contributed by atoms with E-state index in [0.29, 0.717) is 5.69 Å². The van der Waals surface area contributed by atoms with Crippen LogP contribution in [0.5, 0.6) is 5.75 Å². The summed E-state index contributed by atoms with van der Waals surface area (Å²) in [4.78, 5) is 13.7. The van der Waals surface area contributed by atoms with E-state index in [0.717, 1.165) is 37.2 Å². The number of methoxy groups -OCH3 is 1. The third-order valence-electron chi connectivity index (χ3n) is 5.00. The van der Waals surface area contributed by atoms with Gasteiger partial charge in [0.1, 0.15) is 10.6 Å². The smallest absolute Gasteiger partial charge is 0.246 e. The molecule has 8 heteroatoms. The van der Waals surface area contributed by atoms with Gasteiger partial charge in [0.15, 0.2) is 0 Å². The Kier molecular flexibility index (Phi) is 6.44. The first-order chi connectivity index (χ1) is 13.8. The van der Waals surface area contributed by atoms with E-state index in [1.807, 2.05) is 24.3 Å². The van der Waals surface area contributed by atoms with Crippen molar-refractivity contribution in [3.05, 3.63) is 48.0 Å². The number of sulfonamides is 1. The van der Waals surface area contributed by atoms with E-state index in [1.54, 1.807) is 19.2 Å². The molecule has 2 aromatic rings. The van der Waals surface area contributed by atoms with Crippen LogP contribution in [0.3, 0.4) is 0 Å². The molecule has 3 rings (SSSR count). The van der Waals surface area contributed by atoms with Gasteiger partial charge in [0.25, 0.3) is 0 Å². The second-order valence-electron chi connectivity index (χ2n) is 7.13. The summed E-state index contributed by atoms with van der Waals surface area (Å²) in [5, 5.41) is 2.62. The Labute approximate surface area is 172 Å². The first-order valence-electron chi connectivity index (χ1n) is 9.57. The van der Waals surface area contributed by atoms with Crippen LogP contribution in [0.4, 0.5) is 11.4 Å². The van der Waals surface area contributed by atoms with Gasteiger partial charge in [-0.25, -0.2) is 8.42 Å². The minimum Gasteiger partial charge on any atom is -0.495 e. The van der Waals surface area contributed by atoms with Gasteiger partial charge < -0.3 is 15.0 Å². The van der Waals surface area contributed by atoms with Crippen LogP contribution in [0, 0.1) is 0 Å². The molecule has 0 aromatic heterocycles. The van der Waals surface area contributed by atoms with Crippen LogP contribution < -0.4 is 15.0 Å². The van der Waals surface area contributed by atoms with Gasteiger partial charge in [-0.15, -0.1) is 0 Å². The molecule has 29 heavy (non-hydrogen) atoms. The number of hydrogen-bond acceptors (Lipinski definition) is 5. The average Bonchev–Trinajstić information content (AvgIpc) is 3.22. The van der Waals surface area contributed by atoms with Gasteiger partial charge in [0.05, 0.1) is 7.11 Å². The van der Waals surface area contributed by atoms with Gasteiger partial charge >= 0.3 is 0 Å². The number of carbonyl (C=O) groups excluding carboxylic acids is 1. The first kappa shape index (κ1) is 21.1. The molecule has 0 unspecified atom stereocenters. The number of amides is 1. The molecule has 1 aliphatic heterocycles. The summed E-state index contributed by atoms with van der Waals surface area (Å²) in [5.74, 6) is -0.0369. The van der Waals surface area contributed by atoms with Gasteiger partial charge in [0, 0.05) is 45.0 Å². The van der Waals surface area contributed by atoms with E-state index in [-0.39, 0.29) is 23.1 Å². The molecule has 0 radical (unpaired) electrons. The molecule has 0 atom stereocenters. The molecule has 0 spiro atoms. The maximum atomic E-state index is 13.3. The summed E-state index contributed by atoms with van der Waals surface area (Å²) in [6.07, 6.45) is 2.30. The number of para-hydroxylation sites is 1. The minimum absolute atomic E-state index is 0.0207. The van der Waals surface area contributed by atoms with Crippen molar-refractivity contribution in [2.45, 2.75) is 31.2 Å². The van der Waals surface area contributed by atoms with Gasteiger partial charge in [-0.2, -0.15) is 4.31 Å². The van der Waals surface area contributed by atoms with E-state index in [2.05, 4.69) is 10.2 Å². The lowest BCUT2D eigenvalue weighted by molar-refractivity contribution is -0.114. The normalized spacial score (nSPS) is 14.3. The monoisotopic (exact) mass is 417 g/mol. The summed E-state index contributed by atoms with van der Waals surface area (Å²) in [6.45, 7) is 3.59. The molecule has 1 aliphatic rings. The van der Waals surface area contributed by atoms with E-state index in [1.165, 1.54) is 24.4 Å². The van der Waals surface area contributed by atoms with Crippen molar-refractivity contribution in [3.8, 4) is 5.75 Å². The molecule has 1 N–H and O–H groups in total. The maximum absolute atomic E-state index is 13.3. The van der Waals surface area contributed by atoms with Gasteiger partial charge in [-0.1, -0.05) is 18.2 Å². The number of benzene rings is 2. The number of hydrogen-bond donors (Lipinski definition) is 1. The average molecular weight is 418 g/mol. The Balaban J connectivity index is 1.91. The van der Waals surface area contributed by atoms with Crippen molar-refractivity contribution < 1.29 is 17.9 Å². The van der Waals surface area contributed by atoms with Crippen molar-refractivity contribution in [2.75, 3.05) is 37.5 Å². The minimum atomic E-state index is -3.84. The lowest BCUT2D eigenvalue weighted by Gasteiger charge is -2.25. The quantitative estimate of drug-likeness (QED) is 0.749. The highest BCUT2D eigenvalue weighted by molar-refractivity contribution is 7.89. The molecule has 0 aliphatic carbocycles. The highest BCUT2D eigenvalue weighted by Gasteiger charge is 2.27. The standard InChI is InChI=1S/C21H27N3O4S/c1-16(25)22-18-10-11-20(28-3)21(14-18)29(26,27)23(2)15-17-8-4-5-9-19(17)24-12-6-7-13-24/h4-5,8-11,14H,6-7,12-13,15H2,1-3H3,(H,22,25). The Morgan fingerprint density at radius 3 is 2.52 bits per heavy atom. The molecule has 0 saturated carbocycles. The summed E-state index contributed by atoms with van der Waals surface area (Å²) in [5.41, 5.74) is 2.44. The largest absolute Gasteiger partial charge is 0.495 e. The van der Waals surface area contributed by atoms with Crippen molar-refractivity contribution in [1.29, 1.82) is 0 Å². The molecule has 1 amide bonds. The molecule has 1 fully saturated rings. The second kappa shape index (κ2) is 8.84. The SMILES string of the molecule is COc1ccc(NC(C)=O)cc1S(=O)(=O)N(C)Cc1ccccc1N1CCCC1. The first-order valence-corrected chi connectivity index (χ1v) is 11.0. The lowest BCUT2D eigenvalue weighted by Crippen LogP contribution is -2.28.